The number of fused-ring (bicyclic) bond motifs is 1. The molecule has 0 N–H and O–H groups in total. The largest absolute Gasteiger partial charge is 0.294 e. The first kappa shape index (κ1) is 10.3. The minimum atomic E-state index is 0.690. The lowest BCUT2D eigenvalue weighted by molar-refractivity contribution is 0.259. The van der Waals surface area contributed by atoms with Gasteiger partial charge in [-0.1, -0.05) is 62.2 Å². The molecule has 3 heteroatoms. The molecule has 2 atom stereocenters. The molecule has 15 heavy (non-hydrogen) atoms. The molecule has 0 spiro atoms. The standard InChI is InChI=1S/C12H13Br2N/c13-10-9-7-15(12(10)11(9)14)6-8-4-2-1-3-5-8/h1-5,9-12H,6-7H2. The van der Waals surface area contributed by atoms with Crippen LogP contribution < -0.4 is 0 Å². The minimum absolute atomic E-state index is 0.690. The molecule has 1 aromatic carbocycles. The summed E-state index contributed by atoms with van der Waals surface area (Å²) in [6.45, 7) is 2.32. The average molecular weight is 331 g/mol. The molecular weight excluding hydrogens is 318 g/mol. The normalized spacial score (nSPS) is 39.1. The highest BCUT2D eigenvalue weighted by Gasteiger charge is 2.57. The Bertz CT molecular complexity index is 344. The summed E-state index contributed by atoms with van der Waals surface area (Å²) in [5.41, 5.74) is 1.42. The number of hydrogen-bond acceptors (Lipinski definition) is 1. The maximum absolute atomic E-state index is 3.78. The quantitative estimate of drug-likeness (QED) is 0.753. The van der Waals surface area contributed by atoms with Crippen LogP contribution in [-0.4, -0.2) is 27.1 Å². The molecule has 3 aliphatic rings. The molecule has 1 aromatic rings. The van der Waals surface area contributed by atoms with Gasteiger partial charge in [0.15, 0.2) is 0 Å². The molecule has 0 amide bonds. The van der Waals surface area contributed by atoms with Gasteiger partial charge >= 0.3 is 0 Å². The lowest BCUT2D eigenvalue weighted by atomic mass is 9.86. The predicted octanol–water partition coefficient (Wildman–Crippen LogP) is 3.03. The molecule has 80 valence electrons. The van der Waals surface area contributed by atoms with Crippen molar-refractivity contribution in [2.75, 3.05) is 6.54 Å². The second-order valence-corrected chi connectivity index (χ2v) is 6.57. The zero-order valence-corrected chi connectivity index (χ0v) is 11.5. The molecule has 2 saturated heterocycles. The SMILES string of the molecule is BrC1C2CN(Cc3ccccc3)C1C2Br. The van der Waals surface area contributed by atoms with Gasteiger partial charge in [-0.2, -0.15) is 0 Å². The molecule has 3 fully saturated rings. The third kappa shape index (κ3) is 1.60. The van der Waals surface area contributed by atoms with Crippen molar-refractivity contribution in [3.05, 3.63) is 35.9 Å². The van der Waals surface area contributed by atoms with Crippen molar-refractivity contribution < 1.29 is 0 Å². The Kier molecular flexibility index (Phi) is 2.65. The molecule has 2 aliphatic heterocycles. The summed E-state index contributed by atoms with van der Waals surface area (Å²) in [6, 6.07) is 11.4. The smallest absolute Gasteiger partial charge is 0.0364 e. The second-order valence-electron chi connectivity index (χ2n) is 4.46. The van der Waals surface area contributed by atoms with E-state index in [1.54, 1.807) is 0 Å². The molecule has 2 heterocycles. The van der Waals surface area contributed by atoms with Gasteiger partial charge in [-0.3, -0.25) is 4.90 Å². The van der Waals surface area contributed by atoms with E-state index in [2.05, 4.69) is 67.1 Å². The van der Waals surface area contributed by atoms with Crippen LogP contribution in [0.15, 0.2) is 30.3 Å². The molecule has 0 radical (unpaired) electrons. The Hall–Kier alpha value is 0.140. The molecule has 1 saturated carbocycles. The van der Waals surface area contributed by atoms with Gasteiger partial charge in [-0.15, -0.1) is 0 Å². The predicted molar refractivity (Wildman–Crippen MR) is 69.6 cm³/mol. The molecule has 4 rings (SSSR count). The monoisotopic (exact) mass is 329 g/mol. The minimum Gasteiger partial charge on any atom is -0.294 e. The molecule has 0 aromatic heterocycles. The number of rotatable bonds is 2. The summed E-state index contributed by atoms with van der Waals surface area (Å²) < 4.78 is 0. The Labute approximate surface area is 107 Å². The van der Waals surface area contributed by atoms with Crippen LogP contribution in [-0.2, 0) is 6.54 Å². The third-order valence-corrected chi connectivity index (χ3v) is 6.01. The van der Waals surface area contributed by atoms with E-state index in [1.165, 1.54) is 12.1 Å². The second kappa shape index (κ2) is 3.86. The van der Waals surface area contributed by atoms with Crippen LogP contribution in [0.1, 0.15) is 5.56 Å². The highest BCUT2D eigenvalue weighted by atomic mass is 79.9. The summed E-state index contributed by atoms with van der Waals surface area (Å²) in [6.07, 6.45) is 0. The number of benzene rings is 1. The zero-order chi connectivity index (χ0) is 10.4. The van der Waals surface area contributed by atoms with Crippen LogP contribution in [0.2, 0.25) is 0 Å². The molecule has 1 nitrogen and oxygen atoms in total. The number of alkyl halides is 2. The summed E-state index contributed by atoms with van der Waals surface area (Å²) in [5, 5.41) is 0. The molecule has 2 unspecified atom stereocenters. The topological polar surface area (TPSA) is 3.24 Å². The van der Waals surface area contributed by atoms with Gasteiger partial charge in [0.05, 0.1) is 0 Å². The molecule has 2 bridgehead atoms. The van der Waals surface area contributed by atoms with Gasteiger partial charge in [0, 0.05) is 28.8 Å². The fourth-order valence-electron chi connectivity index (χ4n) is 2.70. The van der Waals surface area contributed by atoms with Crippen molar-refractivity contribution in [1.29, 1.82) is 0 Å². The number of hydrogen-bond donors (Lipinski definition) is 0. The van der Waals surface area contributed by atoms with Gasteiger partial charge in [-0.25, -0.2) is 0 Å². The highest BCUT2D eigenvalue weighted by Crippen LogP contribution is 2.50. The van der Waals surface area contributed by atoms with E-state index in [0.29, 0.717) is 15.7 Å². The van der Waals surface area contributed by atoms with Crippen LogP contribution in [0, 0.1) is 5.92 Å². The van der Waals surface area contributed by atoms with Gasteiger partial charge in [0.2, 0.25) is 0 Å². The van der Waals surface area contributed by atoms with Gasteiger partial charge in [0.25, 0.3) is 0 Å². The van der Waals surface area contributed by atoms with Crippen molar-refractivity contribution in [2.45, 2.75) is 22.2 Å². The molecule has 1 aliphatic carbocycles. The fraction of sp³-hybridized carbons (Fsp3) is 0.500. The van der Waals surface area contributed by atoms with E-state index >= 15 is 0 Å². The molecular formula is C12H13Br2N. The highest BCUT2D eigenvalue weighted by molar-refractivity contribution is 9.10. The van der Waals surface area contributed by atoms with E-state index in [0.717, 1.165) is 12.5 Å². The first-order valence-electron chi connectivity index (χ1n) is 5.33. The van der Waals surface area contributed by atoms with Gasteiger partial charge in [-0.05, 0) is 11.5 Å². The maximum atomic E-state index is 3.78. The van der Waals surface area contributed by atoms with Crippen LogP contribution in [0.25, 0.3) is 0 Å². The lowest BCUT2D eigenvalue weighted by Gasteiger charge is -2.38. The maximum Gasteiger partial charge on any atom is 0.0364 e. The first-order valence-corrected chi connectivity index (χ1v) is 7.16. The van der Waals surface area contributed by atoms with Crippen molar-refractivity contribution >= 4 is 31.9 Å². The van der Waals surface area contributed by atoms with Crippen molar-refractivity contribution in [3.8, 4) is 0 Å². The fourth-order valence-corrected chi connectivity index (χ4v) is 5.83. The van der Waals surface area contributed by atoms with Crippen LogP contribution in [0.4, 0.5) is 0 Å². The van der Waals surface area contributed by atoms with Crippen molar-refractivity contribution in [1.82, 2.24) is 4.90 Å². The van der Waals surface area contributed by atoms with E-state index in [9.17, 15) is 0 Å². The summed E-state index contributed by atoms with van der Waals surface area (Å²) in [7, 11) is 0. The van der Waals surface area contributed by atoms with E-state index in [-0.39, 0.29) is 0 Å². The van der Waals surface area contributed by atoms with Crippen LogP contribution in [0.5, 0.6) is 0 Å². The number of halogens is 2. The zero-order valence-electron chi connectivity index (χ0n) is 8.31. The number of nitrogens with zero attached hydrogens (tertiary/aromatic N) is 1. The van der Waals surface area contributed by atoms with Crippen molar-refractivity contribution in [3.63, 3.8) is 0 Å². The van der Waals surface area contributed by atoms with E-state index in [1.807, 2.05) is 0 Å². The Balaban J connectivity index is 1.71. The third-order valence-electron chi connectivity index (χ3n) is 3.57. The Morgan fingerprint density at radius 1 is 1.13 bits per heavy atom. The summed E-state index contributed by atoms with van der Waals surface area (Å²) in [5.74, 6) is 0.804. The Morgan fingerprint density at radius 3 is 2.33 bits per heavy atom. The lowest BCUT2D eigenvalue weighted by Crippen LogP contribution is -2.49. The van der Waals surface area contributed by atoms with Crippen LogP contribution in [0.3, 0.4) is 0 Å². The summed E-state index contributed by atoms with van der Waals surface area (Å²) in [4.78, 5) is 3.98. The van der Waals surface area contributed by atoms with Crippen LogP contribution >= 0.6 is 31.9 Å². The first-order chi connectivity index (χ1) is 7.27. The van der Waals surface area contributed by atoms with Crippen molar-refractivity contribution in [2.24, 2.45) is 5.92 Å². The Morgan fingerprint density at radius 2 is 1.80 bits per heavy atom. The van der Waals surface area contributed by atoms with Gasteiger partial charge < -0.3 is 0 Å². The van der Waals surface area contributed by atoms with E-state index < -0.39 is 0 Å². The average Bonchev–Trinajstić information content (AvgIpc) is 2.75. The van der Waals surface area contributed by atoms with E-state index in [4.69, 9.17) is 0 Å². The van der Waals surface area contributed by atoms with Gasteiger partial charge in [0.1, 0.15) is 0 Å². The summed E-state index contributed by atoms with van der Waals surface area (Å²) >= 11 is 7.55.